The largest absolute Gasteiger partial charge is 0.408 e. The summed E-state index contributed by atoms with van der Waals surface area (Å²) >= 11 is 6.24. The standard InChI is InChI=1S/C15H11ClF4N4O3S/c16-9-6(17)2-1-5(10(9)18)11(8-4-22-15(28-8)27-13(19)20)24-12(25)7-3-21-14(26)23-7/h1-2,4,7,11,13H,3H2,(H,24,25)(H2,21,23,26)/t7-,11-/m0/s1. The van der Waals surface area contributed by atoms with Gasteiger partial charge in [0.2, 0.25) is 5.91 Å². The van der Waals surface area contributed by atoms with Gasteiger partial charge in [-0.25, -0.2) is 18.6 Å². The van der Waals surface area contributed by atoms with Crippen LogP contribution < -0.4 is 20.7 Å². The van der Waals surface area contributed by atoms with Crippen LogP contribution >= 0.6 is 22.9 Å². The number of benzene rings is 1. The van der Waals surface area contributed by atoms with Gasteiger partial charge in [-0.3, -0.25) is 4.79 Å². The monoisotopic (exact) mass is 438 g/mol. The number of urea groups is 1. The lowest BCUT2D eigenvalue weighted by Crippen LogP contribution is -2.44. The van der Waals surface area contributed by atoms with Crippen molar-refractivity contribution in [3.05, 3.63) is 45.4 Å². The summed E-state index contributed by atoms with van der Waals surface area (Å²) in [5.74, 6) is -2.83. The third-order valence-electron chi connectivity index (χ3n) is 3.73. The lowest BCUT2D eigenvalue weighted by Gasteiger charge is -2.20. The summed E-state index contributed by atoms with van der Waals surface area (Å²) in [6.45, 7) is -3.13. The number of aromatic nitrogens is 1. The molecule has 2 heterocycles. The second-order valence-electron chi connectivity index (χ2n) is 5.52. The fourth-order valence-corrected chi connectivity index (χ4v) is 3.47. The number of nitrogens with one attached hydrogen (secondary N) is 3. The van der Waals surface area contributed by atoms with Crippen LogP contribution in [0.15, 0.2) is 18.3 Å². The molecule has 0 saturated carbocycles. The van der Waals surface area contributed by atoms with Crippen molar-refractivity contribution >= 4 is 34.9 Å². The van der Waals surface area contributed by atoms with Crippen LogP contribution in [0.25, 0.3) is 0 Å². The van der Waals surface area contributed by atoms with E-state index in [1.807, 2.05) is 0 Å². The fourth-order valence-electron chi connectivity index (χ4n) is 2.46. The van der Waals surface area contributed by atoms with Crippen LogP contribution in [0.5, 0.6) is 5.19 Å². The van der Waals surface area contributed by atoms with E-state index in [0.717, 1.165) is 18.3 Å². The minimum atomic E-state index is -3.12. The Morgan fingerprint density at radius 3 is 2.79 bits per heavy atom. The van der Waals surface area contributed by atoms with Crippen LogP contribution in [0.1, 0.15) is 16.5 Å². The Morgan fingerprint density at radius 2 is 2.14 bits per heavy atom. The Kier molecular flexibility index (Phi) is 5.89. The van der Waals surface area contributed by atoms with Crippen molar-refractivity contribution in [1.29, 1.82) is 0 Å². The van der Waals surface area contributed by atoms with Gasteiger partial charge < -0.3 is 20.7 Å². The fraction of sp³-hybridized carbons (Fsp3) is 0.267. The van der Waals surface area contributed by atoms with Gasteiger partial charge in [-0.1, -0.05) is 29.0 Å². The number of hydrogen-bond donors (Lipinski definition) is 3. The molecule has 1 aromatic carbocycles. The molecule has 150 valence electrons. The summed E-state index contributed by atoms with van der Waals surface area (Å²) in [5.41, 5.74) is -0.218. The average Bonchev–Trinajstić information content (AvgIpc) is 3.27. The van der Waals surface area contributed by atoms with Crippen molar-refractivity contribution in [3.8, 4) is 5.19 Å². The molecule has 1 fully saturated rings. The highest BCUT2D eigenvalue weighted by Crippen LogP contribution is 2.35. The molecule has 0 unspecified atom stereocenters. The Balaban J connectivity index is 1.94. The third-order valence-corrected chi connectivity index (χ3v) is 5.03. The minimum absolute atomic E-state index is 0.00746. The molecule has 0 radical (unpaired) electrons. The molecule has 3 N–H and O–H groups in total. The van der Waals surface area contributed by atoms with Gasteiger partial charge in [0.05, 0.1) is 10.9 Å². The Bertz CT molecular complexity index is 913. The number of amides is 3. The Labute approximate surface area is 164 Å². The van der Waals surface area contributed by atoms with Gasteiger partial charge in [0.1, 0.15) is 22.7 Å². The summed E-state index contributed by atoms with van der Waals surface area (Å²) in [4.78, 5) is 27.4. The number of carbonyl (C=O) groups excluding carboxylic acids is 2. The molecule has 2 aromatic rings. The van der Waals surface area contributed by atoms with E-state index in [4.69, 9.17) is 11.6 Å². The lowest BCUT2D eigenvalue weighted by atomic mass is 10.0. The zero-order valence-corrected chi connectivity index (χ0v) is 15.2. The molecule has 28 heavy (non-hydrogen) atoms. The molecule has 0 bridgehead atoms. The highest BCUT2D eigenvalue weighted by atomic mass is 35.5. The van der Waals surface area contributed by atoms with Crippen LogP contribution in [-0.4, -0.2) is 36.1 Å². The Hall–Kier alpha value is -2.60. The molecule has 0 aliphatic carbocycles. The summed E-state index contributed by atoms with van der Waals surface area (Å²) in [6, 6.07) is -0.788. The van der Waals surface area contributed by atoms with E-state index in [2.05, 4.69) is 25.7 Å². The van der Waals surface area contributed by atoms with E-state index in [0.29, 0.717) is 11.3 Å². The van der Waals surface area contributed by atoms with E-state index in [-0.39, 0.29) is 17.0 Å². The van der Waals surface area contributed by atoms with Gasteiger partial charge in [-0.15, -0.1) is 0 Å². The molecule has 7 nitrogen and oxygen atoms in total. The van der Waals surface area contributed by atoms with E-state index in [9.17, 15) is 27.2 Å². The van der Waals surface area contributed by atoms with Crippen molar-refractivity contribution in [1.82, 2.24) is 20.9 Å². The summed E-state index contributed by atoms with van der Waals surface area (Å²) in [6.07, 6.45) is 1.11. The molecule has 1 aliphatic rings. The maximum atomic E-state index is 14.5. The predicted molar refractivity (Wildman–Crippen MR) is 90.4 cm³/mol. The van der Waals surface area contributed by atoms with Crippen molar-refractivity contribution in [2.45, 2.75) is 18.7 Å². The van der Waals surface area contributed by atoms with E-state index < -0.39 is 52.5 Å². The number of hydrogen-bond acceptors (Lipinski definition) is 5. The van der Waals surface area contributed by atoms with E-state index in [1.54, 1.807) is 0 Å². The second kappa shape index (κ2) is 8.19. The molecule has 3 amide bonds. The number of thiazole rings is 1. The molecule has 1 saturated heterocycles. The first-order chi connectivity index (χ1) is 13.3. The minimum Gasteiger partial charge on any atom is -0.408 e. The second-order valence-corrected chi connectivity index (χ2v) is 6.92. The van der Waals surface area contributed by atoms with Gasteiger partial charge in [-0.2, -0.15) is 8.78 Å². The highest BCUT2D eigenvalue weighted by Gasteiger charge is 2.31. The molecule has 0 spiro atoms. The number of ether oxygens (including phenoxy) is 1. The van der Waals surface area contributed by atoms with Gasteiger partial charge in [-0.05, 0) is 6.07 Å². The maximum Gasteiger partial charge on any atom is 0.389 e. The van der Waals surface area contributed by atoms with Gasteiger partial charge in [0.25, 0.3) is 5.19 Å². The predicted octanol–water partition coefficient (Wildman–Crippen LogP) is 2.56. The molecule has 1 aliphatic heterocycles. The van der Waals surface area contributed by atoms with Crippen molar-refractivity contribution in [2.24, 2.45) is 0 Å². The zero-order chi connectivity index (χ0) is 20.4. The summed E-state index contributed by atoms with van der Waals surface area (Å²) in [7, 11) is 0. The number of carbonyl (C=O) groups is 2. The smallest absolute Gasteiger partial charge is 0.389 e. The van der Waals surface area contributed by atoms with Crippen LogP contribution in [0.2, 0.25) is 5.02 Å². The maximum absolute atomic E-state index is 14.5. The summed E-state index contributed by atoms with van der Waals surface area (Å²) in [5, 5.41) is 6.02. The zero-order valence-electron chi connectivity index (χ0n) is 13.6. The molecule has 2 atom stereocenters. The van der Waals surface area contributed by atoms with Crippen LogP contribution in [0.4, 0.5) is 22.4 Å². The van der Waals surface area contributed by atoms with Gasteiger partial charge >= 0.3 is 12.6 Å². The SMILES string of the molecule is O=C1NC[C@@H](C(=O)N[C@H](c2cnc(OC(F)F)s2)c2ccc(F)c(Cl)c2F)N1. The first-order valence-electron chi connectivity index (χ1n) is 7.65. The van der Waals surface area contributed by atoms with Crippen LogP contribution in [0.3, 0.4) is 0 Å². The summed E-state index contributed by atoms with van der Waals surface area (Å²) < 4.78 is 57.0. The number of halogens is 5. The molecule has 3 rings (SSSR count). The first kappa shape index (κ1) is 20.1. The number of nitrogens with zero attached hydrogens (tertiary/aromatic N) is 1. The quantitative estimate of drug-likeness (QED) is 0.477. The highest BCUT2D eigenvalue weighted by molar-refractivity contribution is 7.13. The topological polar surface area (TPSA) is 92.4 Å². The van der Waals surface area contributed by atoms with Gasteiger partial charge in [0, 0.05) is 18.3 Å². The number of rotatable bonds is 6. The average molecular weight is 439 g/mol. The third kappa shape index (κ3) is 4.28. The van der Waals surface area contributed by atoms with Crippen LogP contribution in [-0.2, 0) is 4.79 Å². The first-order valence-corrected chi connectivity index (χ1v) is 8.84. The van der Waals surface area contributed by atoms with Crippen molar-refractivity contribution in [3.63, 3.8) is 0 Å². The molecule has 13 heteroatoms. The van der Waals surface area contributed by atoms with E-state index in [1.165, 1.54) is 0 Å². The molecule has 1 aromatic heterocycles. The molecular weight excluding hydrogens is 428 g/mol. The van der Waals surface area contributed by atoms with Gasteiger partial charge in [0.15, 0.2) is 0 Å². The van der Waals surface area contributed by atoms with Crippen LogP contribution in [0, 0.1) is 11.6 Å². The normalized spacial score (nSPS) is 17.2. The lowest BCUT2D eigenvalue weighted by molar-refractivity contribution is -0.122. The van der Waals surface area contributed by atoms with Crippen molar-refractivity contribution < 1.29 is 31.9 Å². The van der Waals surface area contributed by atoms with Crippen molar-refractivity contribution in [2.75, 3.05) is 6.54 Å². The number of alkyl halides is 2. The van der Waals surface area contributed by atoms with E-state index >= 15 is 0 Å². The molecular formula is C15H11ClF4N4O3S. The Morgan fingerprint density at radius 1 is 1.39 bits per heavy atom.